The first kappa shape index (κ1) is 12.2. The fourth-order valence-electron chi connectivity index (χ4n) is 1.39. The van der Waals surface area contributed by atoms with Crippen molar-refractivity contribution >= 4 is 0 Å². The Hall–Kier alpha value is -0.910. The summed E-state index contributed by atoms with van der Waals surface area (Å²) in [6.07, 6.45) is 3.02. The summed E-state index contributed by atoms with van der Waals surface area (Å²) in [6.45, 7) is 4.73. The Labute approximate surface area is 90.1 Å². The highest BCUT2D eigenvalue weighted by Gasteiger charge is 2.12. The molecule has 1 rings (SSSR count). The van der Waals surface area contributed by atoms with Crippen molar-refractivity contribution < 1.29 is 9.84 Å². The molecule has 0 spiro atoms. The molecule has 1 aromatic heterocycles. The lowest BCUT2D eigenvalue weighted by Crippen LogP contribution is -2.26. The van der Waals surface area contributed by atoms with Crippen LogP contribution in [0, 0.1) is 0 Å². The number of nitrogens with zero attached hydrogens (tertiary/aromatic N) is 2. The van der Waals surface area contributed by atoms with Gasteiger partial charge in [-0.2, -0.15) is 0 Å². The molecule has 1 unspecified atom stereocenters. The van der Waals surface area contributed by atoms with Crippen molar-refractivity contribution in [3.63, 3.8) is 0 Å². The van der Waals surface area contributed by atoms with E-state index in [0.29, 0.717) is 19.0 Å². The van der Waals surface area contributed by atoms with Crippen LogP contribution in [0.4, 0.5) is 0 Å². The molecule has 2 N–H and O–H groups in total. The van der Waals surface area contributed by atoms with Gasteiger partial charge in [-0.3, -0.25) is 0 Å². The van der Waals surface area contributed by atoms with Gasteiger partial charge in [0.15, 0.2) is 0 Å². The maximum absolute atomic E-state index is 9.83. The van der Waals surface area contributed by atoms with Gasteiger partial charge in [0.2, 0.25) is 0 Å². The van der Waals surface area contributed by atoms with E-state index in [1.54, 1.807) is 13.3 Å². The second-order valence-electron chi connectivity index (χ2n) is 3.28. The van der Waals surface area contributed by atoms with E-state index >= 15 is 0 Å². The van der Waals surface area contributed by atoms with Crippen molar-refractivity contribution in [2.75, 3.05) is 26.8 Å². The second kappa shape index (κ2) is 6.55. The molecular weight excluding hydrogens is 194 g/mol. The first-order chi connectivity index (χ1) is 7.29. The number of hydrogen-bond acceptors (Lipinski definition) is 4. The number of ether oxygens (including phenoxy) is 1. The van der Waals surface area contributed by atoms with Crippen molar-refractivity contribution in [1.82, 2.24) is 14.9 Å². The zero-order valence-electron chi connectivity index (χ0n) is 9.31. The van der Waals surface area contributed by atoms with E-state index in [0.717, 1.165) is 13.1 Å². The van der Waals surface area contributed by atoms with Gasteiger partial charge >= 0.3 is 0 Å². The number of methoxy groups -OCH3 is 1. The summed E-state index contributed by atoms with van der Waals surface area (Å²) in [5, 5.41) is 12.9. The SMILES string of the molecule is CCn1ccnc1C(O)CNCCOC. The zero-order valence-corrected chi connectivity index (χ0v) is 9.31. The molecule has 0 saturated heterocycles. The minimum Gasteiger partial charge on any atom is -0.384 e. The van der Waals surface area contributed by atoms with E-state index in [-0.39, 0.29) is 0 Å². The molecule has 1 heterocycles. The molecule has 5 heteroatoms. The van der Waals surface area contributed by atoms with Crippen molar-refractivity contribution in [3.8, 4) is 0 Å². The van der Waals surface area contributed by atoms with Gasteiger partial charge < -0.3 is 19.7 Å². The molecule has 0 saturated carbocycles. The molecule has 0 bridgehead atoms. The van der Waals surface area contributed by atoms with Crippen LogP contribution in [-0.2, 0) is 11.3 Å². The Morgan fingerprint density at radius 3 is 3.13 bits per heavy atom. The Kier molecular flexibility index (Phi) is 5.31. The van der Waals surface area contributed by atoms with Crippen LogP contribution in [-0.4, -0.2) is 41.5 Å². The van der Waals surface area contributed by atoms with Gasteiger partial charge in [-0.1, -0.05) is 0 Å². The van der Waals surface area contributed by atoms with Gasteiger partial charge in [0, 0.05) is 39.1 Å². The molecule has 0 amide bonds. The van der Waals surface area contributed by atoms with Crippen molar-refractivity contribution in [2.45, 2.75) is 19.6 Å². The number of aryl methyl sites for hydroxylation is 1. The third-order valence-corrected chi connectivity index (χ3v) is 2.21. The van der Waals surface area contributed by atoms with Gasteiger partial charge in [-0.25, -0.2) is 4.98 Å². The molecule has 0 fully saturated rings. The van der Waals surface area contributed by atoms with Gasteiger partial charge in [0.1, 0.15) is 11.9 Å². The summed E-state index contributed by atoms with van der Waals surface area (Å²) in [5.74, 6) is 0.711. The molecule has 15 heavy (non-hydrogen) atoms. The van der Waals surface area contributed by atoms with Crippen molar-refractivity contribution in [1.29, 1.82) is 0 Å². The Morgan fingerprint density at radius 2 is 2.47 bits per heavy atom. The monoisotopic (exact) mass is 213 g/mol. The number of hydrogen-bond donors (Lipinski definition) is 2. The minimum atomic E-state index is -0.559. The average molecular weight is 213 g/mol. The largest absolute Gasteiger partial charge is 0.384 e. The fourth-order valence-corrected chi connectivity index (χ4v) is 1.39. The van der Waals surface area contributed by atoms with Gasteiger partial charge in [-0.05, 0) is 6.92 Å². The second-order valence-corrected chi connectivity index (χ2v) is 3.28. The molecule has 5 nitrogen and oxygen atoms in total. The molecule has 1 atom stereocenters. The Bertz CT molecular complexity index is 275. The van der Waals surface area contributed by atoms with Crippen LogP contribution in [0.5, 0.6) is 0 Å². The van der Waals surface area contributed by atoms with E-state index in [1.165, 1.54) is 0 Å². The lowest BCUT2D eigenvalue weighted by molar-refractivity contribution is 0.151. The minimum absolute atomic E-state index is 0.500. The summed E-state index contributed by atoms with van der Waals surface area (Å²) >= 11 is 0. The number of aliphatic hydroxyl groups is 1. The fraction of sp³-hybridized carbons (Fsp3) is 0.700. The van der Waals surface area contributed by atoms with E-state index < -0.39 is 6.10 Å². The molecule has 86 valence electrons. The highest BCUT2D eigenvalue weighted by Crippen LogP contribution is 2.08. The third-order valence-electron chi connectivity index (χ3n) is 2.21. The molecule has 0 aliphatic heterocycles. The number of nitrogens with one attached hydrogen (secondary N) is 1. The molecule has 0 aromatic carbocycles. The number of imidazole rings is 1. The summed E-state index contributed by atoms with van der Waals surface area (Å²) < 4.78 is 6.83. The Morgan fingerprint density at radius 1 is 1.67 bits per heavy atom. The molecule has 1 aromatic rings. The summed E-state index contributed by atoms with van der Waals surface area (Å²) in [5.41, 5.74) is 0. The number of aliphatic hydroxyl groups excluding tert-OH is 1. The van der Waals surface area contributed by atoms with Gasteiger partial charge in [-0.15, -0.1) is 0 Å². The van der Waals surface area contributed by atoms with Crippen LogP contribution in [0.2, 0.25) is 0 Å². The highest BCUT2D eigenvalue weighted by atomic mass is 16.5. The van der Waals surface area contributed by atoms with Crippen LogP contribution in [0.3, 0.4) is 0 Å². The molecule has 0 radical (unpaired) electrons. The van der Waals surface area contributed by atoms with Crippen molar-refractivity contribution in [2.24, 2.45) is 0 Å². The van der Waals surface area contributed by atoms with E-state index in [1.807, 2.05) is 17.7 Å². The Balaban J connectivity index is 2.36. The molecular formula is C10H19N3O2. The maximum Gasteiger partial charge on any atom is 0.138 e. The molecule has 0 aliphatic rings. The average Bonchev–Trinajstić information content (AvgIpc) is 2.72. The topological polar surface area (TPSA) is 59.3 Å². The van der Waals surface area contributed by atoms with Gasteiger partial charge in [0.25, 0.3) is 0 Å². The summed E-state index contributed by atoms with van der Waals surface area (Å²) in [4.78, 5) is 4.13. The normalized spacial score (nSPS) is 13.0. The third kappa shape index (κ3) is 3.62. The highest BCUT2D eigenvalue weighted by molar-refractivity contribution is 4.96. The van der Waals surface area contributed by atoms with Crippen LogP contribution >= 0.6 is 0 Å². The van der Waals surface area contributed by atoms with Crippen LogP contribution in [0.15, 0.2) is 12.4 Å². The summed E-state index contributed by atoms with van der Waals surface area (Å²) in [6, 6.07) is 0. The maximum atomic E-state index is 9.83. The lowest BCUT2D eigenvalue weighted by atomic mass is 10.3. The standard InChI is InChI=1S/C10H19N3O2/c1-3-13-6-4-12-10(13)9(14)8-11-5-7-15-2/h4,6,9,11,14H,3,5,7-8H2,1-2H3. The quantitative estimate of drug-likeness (QED) is 0.634. The predicted molar refractivity (Wildman–Crippen MR) is 57.6 cm³/mol. The van der Waals surface area contributed by atoms with Crippen LogP contribution in [0.25, 0.3) is 0 Å². The van der Waals surface area contributed by atoms with Crippen LogP contribution in [0.1, 0.15) is 18.9 Å². The smallest absolute Gasteiger partial charge is 0.138 e. The lowest BCUT2D eigenvalue weighted by Gasteiger charge is -2.12. The predicted octanol–water partition coefficient (Wildman–Crippen LogP) is 0.172. The number of aromatic nitrogens is 2. The van der Waals surface area contributed by atoms with Gasteiger partial charge in [0.05, 0.1) is 6.61 Å². The van der Waals surface area contributed by atoms with E-state index in [2.05, 4.69) is 10.3 Å². The molecule has 0 aliphatic carbocycles. The van der Waals surface area contributed by atoms with E-state index in [4.69, 9.17) is 4.74 Å². The van der Waals surface area contributed by atoms with Crippen molar-refractivity contribution in [3.05, 3.63) is 18.2 Å². The first-order valence-electron chi connectivity index (χ1n) is 5.18. The first-order valence-corrected chi connectivity index (χ1v) is 5.18. The number of rotatable bonds is 7. The van der Waals surface area contributed by atoms with E-state index in [9.17, 15) is 5.11 Å². The zero-order chi connectivity index (χ0) is 11.1. The summed E-state index contributed by atoms with van der Waals surface area (Å²) in [7, 11) is 1.65. The van der Waals surface area contributed by atoms with Crippen LogP contribution < -0.4 is 5.32 Å².